The first-order valence-electron chi connectivity index (χ1n) is 4.68. The van der Waals surface area contributed by atoms with Crippen LogP contribution >= 0.6 is 11.6 Å². The SMILES string of the molecule is O=c1ccn([C@@H]2O[C@H](O)[C@@H](O)C2=CCl)c(=O)[nH]1. The fourth-order valence-corrected chi connectivity index (χ4v) is 1.79. The van der Waals surface area contributed by atoms with Gasteiger partial charge in [0.25, 0.3) is 5.56 Å². The quantitative estimate of drug-likeness (QED) is 0.592. The van der Waals surface area contributed by atoms with Crippen LogP contribution < -0.4 is 11.2 Å². The Morgan fingerprint density at radius 1 is 1.47 bits per heavy atom. The third kappa shape index (κ3) is 2.05. The molecule has 1 aliphatic rings. The van der Waals surface area contributed by atoms with E-state index in [0.717, 1.165) is 16.2 Å². The summed E-state index contributed by atoms with van der Waals surface area (Å²) in [4.78, 5) is 24.4. The van der Waals surface area contributed by atoms with Crippen molar-refractivity contribution in [3.05, 3.63) is 44.2 Å². The van der Waals surface area contributed by atoms with E-state index in [-0.39, 0.29) is 5.57 Å². The van der Waals surface area contributed by atoms with Crippen LogP contribution in [0.5, 0.6) is 0 Å². The summed E-state index contributed by atoms with van der Waals surface area (Å²) in [5.41, 5.74) is -0.113. The minimum Gasteiger partial charge on any atom is -0.383 e. The summed E-state index contributed by atoms with van der Waals surface area (Å²) in [6.45, 7) is 0. The predicted molar refractivity (Wildman–Crippen MR) is 57.4 cm³/mol. The maximum atomic E-state index is 11.5. The van der Waals surface area contributed by atoms with E-state index in [2.05, 4.69) is 0 Å². The molecule has 2 rings (SSSR count). The van der Waals surface area contributed by atoms with Gasteiger partial charge in [0.15, 0.2) is 12.5 Å². The molecule has 1 aromatic rings. The van der Waals surface area contributed by atoms with Gasteiger partial charge in [-0.3, -0.25) is 14.3 Å². The molecular formula is C9H9ClN2O5. The molecule has 3 atom stereocenters. The summed E-state index contributed by atoms with van der Waals surface area (Å²) in [5, 5.41) is 18.8. The highest BCUT2D eigenvalue weighted by Crippen LogP contribution is 2.32. The van der Waals surface area contributed by atoms with Crippen LogP contribution in [0.25, 0.3) is 0 Å². The molecule has 17 heavy (non-hydrogen) atoms. The maximum Gasteiger partial charge on any atom is 0.330 e. The van der Waals surface area contributed by atoms with Crippen molar-refractivity contribution in [2.45, 2.75) is 18.6 Å². The zero-order chi connectivity index (χ0) is 12.6. The molecule has 1 aliphatic heterocycles. The smallest absolute Gasteiger partial charge is 0.330 e. The molecule has 0 radical (unpaired) electrons. The minimum atomic E-state index is -1.47. The number of aromatic amines is 1. The summed E-state index contributed by atoms with van der Waals surface area (Å²) in [7, 11) is 0. The number of aliphatic hydroxyl groups is 2. The van der Waals surface area contributed by atoms with Crippen LogP contribution in [0.1, 0.15) is 6.23 Å². The van der Waals surface area contributed by atoms with E-state index in [9.17, 15) is 19.8 Å². The first-order chi connectivity index (χ1) is 8.04. The number of rotatable bonds is 1. The largest absolute Gasteiger partial charge is 0.383 e. The number of ether oxygens (including phenoxy) is 1. The van der Waals surface area contributed by atoms with Crippen LogP contribution in [0.4, 0.5) is 0 Å². The molecule has 0 bridgehead atoms. The normalized spacial score (nSPS) is 31.0. The van der Waals surface area contributed by atoms with Crippen molar-refractivity contribution >= 4 is 11.6 Å². The van der Waals surface area contributed by atoms with Crippen molar-refractivity contribution in [1.82, 2.24) is 9.55 Å². The van der Waals surface area contributed by atoms with Crippen LogP contribution in [-0.4, -0.2) is 32.2 Å². The van der Waals surface area contributed by atoms with Gasteiger partial charge in [-0.05, 0) is 0 Å². The van der Waals surface area contributed by atoms with Crippen LogP contribution in [0.3, 0.4) is 0 Å². The summed E-state index contributed by atoms with van der Waals surface area (Å²) < 4.78 is 5.99. The number of aliphatic hydroxyl groups excluding tert-OH is 2. The third-order valence-electron chi connectivity index (χ3n) is 2.39. The molecule has 0 unspecified atom stereocenters. The van der Waals surface area contributed by atoms with Crippen LogP contribution in [-0.2, 0) is 4.74 Å². The number of aromatic nitrogens is 2. The second-order valence-corrected chi connectivity index (χ2v) is 3.67. The van der Waals surface area contributed by atoms with Gasteiger partial charge in [0, 0.05) is 23.4 Å². The van der Waals surface area contributed by atoms with Gasteiger partial charge >= 0.3 is 5.69 Å². The zero-order valence-corrected chi connectivity index (χ0v) is 9.16. The Morgan fingerprint density at radius 3 is 2.76 bits per heavy atom. The lowest BCUT2D eigenvalue weighted by Crippen LogP contribution is -2.32. The van der Waals surface area contributed by atoms with E-state index in [1.54, 1.807) is 0 Å². The molecule has 1 saturated heterocycles. The highest BCUT2D eigenvalue weighted by atomic mass is 35.5. The Balaban J connectivity index is 2.48. The van der Waals surface area contributed by atoms with Gasteiger partial charge in [-0.25, -0.2) is 4.79 Å². The van der Waals surface area contributed by atoms with E-state index in [1.165, 1.54) is 6.20 Å². The average Bonchev–Trinajstić information content (AvgIpc) is 2.55. The van der Waals surface area contributed by atoms with Crippen molar-refractivity contribution in [3.63, 3.8) is 0 Å². The Bertz CT molecular complexity index is 563. The standard InChI is InChI=1S/C9H9ClN2O5/c10-3-4-6(14)8(15)17-7(4)12-2-1-5(13)11-9(12)16/h1-3,6-8,14-15H,(H,11,13,16)/t6-,7+,8-/m0/s1. The second kappa shape index (κ2) is 4.46. The Morgan fingerprint density at radius 2 is 2.18 bits per heavy atom. The molecule has 1 fully saturated rings. The van der Waals surface area contributed by atoms with E-state index >= 15 is 0 Å². The predicted octanol–water partition coefficient (Wildman–Crippen LogP) is -1.13. The molecule has 2 heterocycles. The molecule has 0 aliphatic carbocycles. The third-order valence-corrected chi connectivity index (χ3v) is 2.65. The molecule has 3 N–H and O–H groups in total. The number of nitrogens with zero attached hydrogens (tertiary/aromatic N) is 1. The van der Waals surface area contributed by atoms with Crippen LogP contribution in [0.2, 0.25) is 0 Å². The van der Waals surface area contributed by atoms with Gasteiger partial charge in [-0.2, -0.15) is 0 Å². The molecule has 92 valence electrons. The lowest BCUT2D eigenvalue weighted by atomic mass is 10.2. The lowest BCUT2D eigenvalue weighted by Gasteiger charge is -2.13. The molecule has 0 amide bonds. The number of halogens is 1. The number of hydrogen-bond acceptors (Lipinski definition) is 5. The molecule has 1 aromatic heterocycles. The highest BCUT2D eigenvalue weighted by molar-refractivity contribution is 6.25. The molecule has 0 spiro atoms. The summed E-state index contributed by atoms with van der Waals surface area (Å²) in [6, 6.07) is 1.12. The first-order valence-corrected chi connectivity index (χ1v) is 5.11. The monoisotopic (exact) mass is 260 g/mol. The summed E-state index contributed by atoms with van der Waals surface area (Å²) >= 11 is 5.50. The Labute approximate surface area is 99.5 Å². The van der Waals surface area contributed by atoms with Gasteiger partial charge in [-0.1, -0.05) is 11.6 Å². The van der Waals surface area contributed by atoms with E-state index in [0.29, 0.717) is 0 Å². The zero-order valence-electron chi connectivity index (χ0n) is 8.41. The van der Waals surface area contributed by atoms with E-state index < -0.39 is 29.9 Å². The van der Waals surface area contributed by atoms with Crippen molar-refractivity contribution < 1.29 is 14.9 Å². The fraction of sp³-hybridized carbons (Fsp3) is 0.333. The summed E-state index contributed by atoms with van der Waals surface area (Å²) in [5.74, 6) is 0. The first kappa shape index (κ1) is 12.1. The van der Waals surface area contributed by atoms with Crippen molar-refractivity contribution in [1.29, 1.82) is 0 Å². The minimum absolute atomic E-state index is 0.133. The molecule has 0 aromatic carbocycles. The highest BCUT2D eigenvalue weighted by Gasteiger charge is 2.39. The van der Waals surface area contributed by atoms with E-state index in [4.69, 9.17) is 16.3 Å². The van der Waals surface area contributed by atoms with Gasteiger partial charge in [-0.15, -0.1) is 0 Å². The molecule has 0 saturated carbocycles. The number of H-pyrrole nitrogens is 1. The molecule has 7 nitrogen and oxygen atoms in total. The van der Waals surface area contributed by atoms with Gasteiger partial charge in [0.1, 0.15) is 6.10 Å². The number of hydrogen-bond donors (Lipinski definition) is 3. The van der Waals surface area contributed by atoms with Crippen molar-refractivity contribution in [2.75, 3.05) is 0 Å². The van der Waals surface area contributed by atoms with Crippen molar-refractivity contribution in [2.24, 2.45) is 0 Å². The molecule has 8 heteroatoms. The van der Waals surface area contributed by atoms with Gasteiger partial charge in [0.2, 0.25) is 0 Å². The average molecular weight is 261 g/mol. The van der Waals surface area contributed by atoms with Crippen molar-refractivity contribution in [3.8, 4) is 0 Å². The topological polar surface area (TPSA) is 105 Å². The van der Waals surface area contributed by atoms with E-state index in [1.807, 2.05) is 4.98 Å². The van der Waals surface area contributed by atoms with Crippen LogP contribution in [0, 0.1) is 0 Å². The maximum absolute atomic E-state index is 11.5. The lowest BCUT2D eigenvalue weighted by molar-refractivity contribution is -0.142. The van der Waals surface area contributed by atoms with Gasteiger partial charge < -0.3 is 14.9 Å². The second-order valence-electron chi connectivity index (χ2n) is 3.45. The fourth-order valence-electron chi connectivity index (χ4n) is 1.55. The van der Waals surface area contributed by atoms with Gasteiger partial charge in [0.05, 0.1) is 0 Å². The molecular weight excluding hydrogens is 252 g/mol. The summed E-state index contributed by atoms with van der Waals surface area (Å²) in [6.07, 6.45) is -2.63. The van der Waals surface area contributed by atoms with Crippen LogP contribution in [0.15, 0.2) is 33.0 Å². The Hall–Kier alpha value is -1.41. The Kier molecular flexibility index (Phi) is 3.16. The number of nitrogens with one attached hydrogen (secondary N) is 1.